The van der Waals surface area contributed by atoms with Gasteiger partial charge in [0.15, 0.2) is 0 Å². The van der Waals surface area contributed by atoms with E-state index in [2.05, 4.69) is 5.32 Å². The first-order chi connectivity index (χ1) is 10.3. The van der Waals surface area contributed by atoms with Gasteiger partial charge in [0.05, 0.1) is 12.2 Å². The first kappa shape index (κ1) is 15.0. The zero-order valence-electron chi connectivity index (χ0n) is 12.7. The summed E-state index contributed by atoms with van der Waals surface area (Å²) in [6.07, 6.45) is 9.96. The van der Waals surface area contributed by atoms with E-state index in [0.717, 1.165) is 19.4 Å². The van der Waals surface area contributed by atoms with Crippen molar-refractivity contribution in [2.75, 3.05) is 6.54 Å². The van der Waals surface area contributed by atoms with Gasteiger partial charge in [0.2, 0.25) is 0 Å². The Kier molecular flexibility index (Phi) is 5.26. The standard InChI is InChI=1S/C18H26FNO/c19-17-10-6-5-9-16(17)18(13-20-14-11-12-14)21-15-7-3-1-2-4-8-15/h5-6,9-10,14-15,18,20H,1-4,7-8,11-13H2. The molecule has 0 aromatic heterocycles. The molecule has 0 amide bonds. The number of benzene rings is 1. The molecule has 1 N–H and O–H groups in total. The fourth-order valence-electron chi connectivity index (χ4n) is 3.14. The molecule has 1 aromatic carbocycles. The highest BCUT2D eigenvalue weighted by atomic mass is 19.1. The van der Waals surface area contributed by atoms with Gasteiger partial charge in [-0.2, -0.15) is 0 Å². The molecule has 0 heterocycles. The quantitative estimate of drug-likeness (QED) is 0.786. The van der Waals surface area contributed by atoms with Crippen LogP contribution in [0.25, 0.3) is 0 Å². The van der Waals surface area contributed by atoms with Gasteiger partial charge in [0, 0.05) is 18.2 Å². The van der Waals surface area contributed by atoms with E-state index in [1.54, 1.807) is 6.07 Å². The predicted octanol–water partition coefficient (Wildman–Crippen LogP) is 4.36. The van der Waals surface area contributed by atoms with E-state index < -0.39 is 0 Å². The number of hydrogen-bond donors (Lipinski definition) is 1. The molecule has 1 atom stereocenters. The van der Waals surface area contributed by atoms with E-state index in [4.69, 9.17) is 4.74 Å². The Morgan fingerprint density at radius 3 is 2.43 bits per heavy atom. The molecule has 1 unspecified atom stereocenters. The van der Waals surface area contributed by atoms with Crippen molar-refractivity contribution in [1.82, 2.24) is 5.32 Å². The van der Waals surface area contributed by atoms with Crippen molar-refractivity contribution in [2.24, 2.45) is 0 Å². The minimum absolute atomic E-state index is 0.145. The van der Waals surface area contributed by atoms with Crippen molar-refractivity contribution in [1.29, 1.82) is 0 Å². The third-order valence-electron chi connectivity index (χ3n) is 4.58. The largest absolute Gasteiger partial charge is 0.369 e. The van der Waals surface area contributed by atoms with Crippen LogP contribution in [0, 0.1) is 5.82 Å². The maximum atomic E-state index is 14.1. The molecule has 0 radical (unpaired) electrons. The average Bonchev–Trinajstić information content (AvgIpc) is 3.32. The number of halogens is 1. The second-order valence-electron chi connectivity index (χ2n) is 6.44. The lowest BCUT2D eigenvalue weighted by Crippen LogP contribution is -2.28. The molecule has 2 aliphatic carbocycles. The van der Waals surface area contributed by atoms with E-state index >= 15 is 0 Å². The first-order valence-electron chi connectivity index (χ1n) is 8.46. The Morgan fingerprint density at radius 2 is 1.76 bits per heavy atom. The van der Waals surface area contributed by atoms with Gasteiger partial charge in [0.25, 0.3) is 0 Å². The van der Waals surface area contributed by atoms with Crippen LogP contribution in [0.1, 0.15) is 63.0 Å². The highest BCUT2D eigenvalue weighted by Gasteiger charge is 2.26. The Labute approximate surface area is 127 Å². The minimum Gasteiger partial charge on any atom is -0.369 e. The second kappa shape index (κ2) is 7.37. The zero-order chi connectivity index (χ0) is 14.5. The highest BCUT2D eigenvalue weighted by Crippen LogP contribution is 2.28. The van der Waals surface area contributed by atoms with E-state index in [1.807, 2.05) is 12.1 Å². The monoisotopic (exact) mass is 291 g/mol. The summed E-state index contributed by atoms with van der Waals surface area (Å²) in [5, 5.41) is 3.50. The van der Waals surface area contributed by atoms with Gasteiger partial charge in [0.1, 0.15) is 5.82 Å². The van der Waals surface area contributed by atoms with Crippen LogP contribution in [-0.4, -0.2) is 18.7 Å². The smallest absolute Gasteiger partial charge is 0.129 e. The normalized spacial score (nSPS) is 22.0. The van der Waals surface area contributed by atoms with Crippen molar-refractivity contribution in [2.45, 2.75) is 69.6 Å². The van der Waals surface area contributed by atoms with Crippen molar-refractivity contribution in [3.05, 3.63) is 35.6 Å². The van der Waals surface area contributed by atoms with E-state index in [-0.39, 0.29) is 18.0 Å². The Morgan fingerprint density at radius 1 is 1.05 bits per heavy atom. The molecule has 2 aliphatic rings. The third kappa shape index (κ3) is 4.52. The van der Waals surface area contributed by atoms with Gasteiger partial charge < -0.3 is 10.1 Å². The summed E-state index contributed by atoms with van der Waals surface area (Å²) < 4.78 is 20.4. The van der Waals surface area contributed by atoms with Crippen LogP contribution in [0.2, 0.25) is 0 Å². The number of nitrogens with one attached hydrogen (secondary N) is 1. The second-order valence-corrected chi connectivity index (χ2v) is 6.44. The fraction of sp³-hybridized carbons (Fsp3) is 0.667. The first-order valence-corrected chi connectivity index (χ1v) is 8.46. The van der Waals surface area contributed by atoms with Crippen LogP contribution in [0.15, 0.2) is 24.3 Å². The lowest BCUT2D eigenvalue weighted by molar-refractivity contribution is -0.0218. The summed E-state index contributed by atoms with van der Waals surface area (Å²) in [7, 11) is 0. The number of hydrogen-bond acceptors (Lipinski definition) is 2. The minimum atomic E-state index is -0.157. The predicted molar refractivity (Wildman–Crippen MR) is 82.7 cm³/mol. The highest BCUT2D eigenvalue weighted by molar-refractivity contribution is 5.20. The van der Waals surface area contributed by atoms with E-state index in [9.17, 15) is 4.39 Å². The summed E-state index contributed by atoms with van der Waals surface area (Å²) in [5.74, 6) is -0.145. The molecule has 21 heavy (non-hydrogen) atoms. The lowest BCUT2D eigenvalue weighted by atomic mass is 10.1. The van der Waals surface area contributed by atoms with Crippen LogP contribution in [0.3, 0.4) is 0 Å². The summed E-state index contributed by atoms with van der Waals surface area (Å²) in [5.41, 5.74) is 0.704. The average molecular weight is 291 g/mol. The fourth-order valence-corrected chi connectivity index (χ4v) is 3.14. The molecule has 0 saturated heterocycles. The van der Waals surface area contributed by atoms with Crippen LogP contribution in [0.5, 0.6) is 0 Å². The summed E-state index contributed by atoms with van der Waals surface area (Å²) in [4.78, 5) is 0. The maximum absolute atomic E-state index is 14.1. The third-order valence-corrected chi connectivity index (χ3v) is 4.58. The molecule has 0 spiro atoms. The molecular weight excluding hydrogens is 265 g/mol. The Hall–Kier alpha value is -0.930. The summed E-state index contributed by atoms with van der Waals surface area (Å²) >= 11 is 0. The van der Waals surface area contributed by atoms with Gasteiger partial charge in [-0.25, -0.2) is 4.39 Å². The van der Waals surface area contributed by atoms with Gasteiger partial charge in [-0.1, -0.05) is 43.9 Å². The Bertz CT molecular complexity index is 439. The molecule has 3 heteroatoms. The van der Waals surface area contributed by atoms with Crippen molar-refractivity contribution in [3.8, 4) is 0 Å². The molecular formula is C18H26FNO. The van der Waals surface area contributed by atoms with Crippen molar-refractivity contribution >= 4 is 0 Å². The number of rotatable bonds is 6. The van der Waals surface area contributed by atoms with Crippen LogP contribution < -0.4 is 5.32 Å². The topological polar surface area (TPSA) is 21.3 Å². The van der Waals surface area contributed by atoms with Crippen LogP contribution in [0.4, 0.5) is 4.39 Å². The molecule has 2 nitrogen and oxygen atoms in total. The van der Waals surface area contributed by atoms with Gasteiger partial charge in [-0.15, -0.1) is 0 Å². The van der Waals surface area contributed by atoms with Crippen molar-refractivity contribution < 1.29 is 9.13 Å². The SMILES string of the molecule is Fc1ccccc1C(CNC1CC1)OC1CCCCCC1. The molecule has 0 bridgehead atoms. The zero-order valence-corrected chi connectivity index (χ0v) is 12.7. The lowest BCUT2D eigenvalue weighted by Gasteiger charge is -2.25. The molecule has 0 aliphatic heterocycles. The van der Waals surface area contributed by atoms with Crippen LogP contribution >= 0.6 is 0 Å². The van der Waals surface area contributed by atoms with Crippen LogP contribution in [-0.2, 0) is 4.74 Å². The van der Waals surface area contributed by atoms with Gasteiger partial charge in [-0.05, 0) is 31.7 Å². The maximum Gasteiger partial charge on any atom is 0.129 e. The molecule has 116 valence electrons. The summed E-state index contributed by atoms with van der Waals surface area (Å²) in [6.45, 7) is 0.724. The van der Waals surface area contributed by atoms with Crippen molar-refractivity contribution in [3.63, 3.8) is 0 Å². The molecule has 2 saturated carbocycles. The number of ether oxygens (including phenoxy) is 1. The van der Waals surface area contributed by atoms with E-state index in [0.29, 0.717) is 11.6 Å². The Balaban J connectivity index is 1.66. The summed E-state index contributed by atoms with van der Waals surface area (Å²) in [6, 6.07) is 7.67. The molecule has 3 rings (SSSR count). The molecule has 2 fully saturated rings. The van der Waals surface area contributed by atoms with Gasteiger partial charge in [-0.3, -0.25) is 0 Å². The molecule has 1 aromatic rings. The van der Waals surface area contributed by atoms with Gasteiger partial charge >= 0.3 is 0 Å². The van der Waals surface area contributed by atoms with E-state index in [1.165, 1.54) is 44.6 Å².